The van der Waals surface area contributed by atoms with Crippen molar-refractivity contribution in [3.8, 4) is 22.9 Å². The predicted octanol–water partition coefficient (Wildman–Crippen LogP) is 4.34. The summed E-state index contributed by atoms with van der Waals surface area (Å²) in [6, 6.07) is 20.1. The van der Waals surface area contributed by atoms with Gasteiger partial charge in [-0.3, -0.25) is 0 Å². The van der Waals surface area contributed by atoms with Crippen LogP contribution in [0, 0.1) is 13.8 Å². The Kier molecular flexibility index (Phi) is 5.20. The smallest absolute Gasteiger partial charge is 0.269 e. The highest BCUT2D eigenvalue weighted by molar-refractivity contribution is 7.92. The lowest BCUT2D eigenvalue weighted by atomic mass is 10.1. The van der Waals surface area contributed by atoms with Crippen LogP contribution in [0.4, 0.5) is 5.95 Å². The van der Waals surface area contributed by atoms with Gasteiger partial charge in [-0.1, -0.05) is 53.7 Å². The minimum Gasteiger partial charge on any atom is -0.439 e. The number of nitrogens with zero attached hydrogens (tertiary/aromatic N) is 3. The summed E-state index contributed by atoms with van der Waals surface area (Å²) in [5, 5.41) is 3.70. The standard InChI is InChI=1S/C21H18N4O4S/c1-14-20(15(2)29-24-14)30(26,27)25-21-22-18(16-9-5-3-6-10-16)13-19(23-21)28-17-11-7-4-8-12-17/h3-13H,1-2H3,(H,22,23,25). The zero-order chi connectivity index (χ0) is 21.1. The fourth-order valence-electron chi connectivity index (χ4n) is 2.92. The van der Waals surface area contributed by atoms with E-state index in [1.165, 1.54) is 6.92 Å². The van der Waals surface area contributed by atoms with Gasteiger partial charge in [-0.15, -0.1) is 0 Å². The van der Waals surface area contributed by atoms with Crippen molar-refractivity contribution in [3.05, 3.63) is 78.2 Å². The summed E-state index contributed by atoms with van der Waals surface area (Å²) < 4.78 is 39.0. The van der Waals surface area contributed by atoms with Crippen molar-refractivity contribution in [3.63, 3.8) is 0 Å². The van der Waals surface area contributed by atoms with Crippen LogP contribution in [-0.4, -0.2) is 23.5 Å². The van der Waals surface area contributed by atoms with Gasteiger partial charge in [0.05, 0.1) is 5.69 Å². The van der Waals surface area contributed by atoms with Crippen molar-refractivity contribution >= 4 is 16.0 Å². The highest BCUT2D eigenvalue weighted by Crippen LogP contribution is 2.28. The van der Waals surface area contributed by atoms with Gasteiger partial charge in [0.15, 0.2) is 10.7 Å². The molecule has 0 saturated heterocycles. The molecule has 152 valence electrons. The highest BCUT2D eigenvalue weighted by atomic mass is 32.2. The van der Waals surface area contributed by atoms with Crippen molar-refractivity contribution in [2.24, 2.45) is 0 Å². The van der Waals surface area contributed by atoms with E-state index in [1.54, 1.807) is 25.1 Å². The van der Waals surface area contributed by atoms with Crippen LogP contribution >= 0.6 is 0 Å². The molecule has 0 aliphatic rings. The molecular formula is C21H18N4O4S. The minimum atomic E-state index is -4.01. The maximum Gasteiger partial charge on any atom is 0.269 e. The number of anilines is 1. The molecule has 4 rings (SSSR count). The van der Waals surface area contributed by atoms with Crippen LogP contribution in [0.3, 0.4) is 0 Å². The van der Waals surface area contributed by atoms with Gasteiger partial charge < -0.3 is 9.26 Å². The summed E-state index contributed by atoms with van der Waals surface area (Å²) in [4.78, 5) is 8.56. The lowest BCUT2D eigenvalue weighted by Crippen LogP contribution is -2.16. The van der Waals surface area contributed by atoms with E-state index < -0.39 is 10.0 Å². The molecule has 2 aromatic carbocycles. The number of aryl methyl sites for hydroxylation is 2. The third kappa shape index (κ3) is 4.15. The largest absolute Gasteiger partial charge is 0.439 e. The fourth-order valence-corrected chi connectivity index (χ4v) is 4.19. The maximum atomic E-state index is 12.9. The van der Waals surface area contributed by atoms with Gasteiger partial charge in [0, 0.05) is 11.6 Å². The van der Waals surface area contributed by atoms with E-state index in [-0.39, 0.29) is 28.2 Å². The minimum absolute atomic E-state index is 0.0401. The Morgan fingerprint density at radius 2 is 1.60 bits per heavy atom. The molecule has 1 N–H and O–H groups in total. The first-order valence-corrected chi connectivity index (χ1v) is 10.5. The van der Waals surface area contributed by atoms with Crippen molar-refractivity contribution in [1.29, 1.82) is 0 Å². The first-order valence-electron chi connectivity index (χ1n) is 9.05. The third-order valence-corrected chi connectivity index (χ3v) is 5.77. The van der Waals surface area contributed by atoms with Crippen molar-refractivity contribution < 1.29 is 17.7 Å². The zero-order valence-electron chi connectivity index (χ0n) is 16.2. The van der Waals surface area contributed by atoms with E-state index in [0.717, 1.165) is 5.56 Å². The third-order valence-electron chi connectivity index (χ3n) is 4.20. The van der Waals surface area contributed by atoms with Crippen molar-refractivity contribution in [1.82, 2.24) is 15.1 Å². The second-order valence-electron chi connectivity index (χ2n) is 6.45. The Morgan fingerprint density at radius 3 is 2.23 bits per heavy atom. The van der Waals surface area contributed by atoms with E-state index in [0.29, 0.717) is 11.4 Å². The molecule has 30 heavy (non-hydrogen) atoms. The maximum absolute atomic E-state index is 12.9. The Labute approximate surface area is 173 Å². The molecule has 2 heterocycles. The van der Waals surface area contributed by atoms with Crippen LogP contribution < -0.4 is 9.46 Å². The van der Waals surface area contributed by atoms with Crippen LogP contribution in [0.5, 0.6) is 11.6 Å². The molecule has 2 aromatic heterocycles. The van der Waals surface area contributed by atoms with E-state index in [2.05, 4.69) is 19.8 Å². The number of para-hydroxylation sites is 1. The number of ether oxygens (including phenoxy) is 1. The summed E-state index contributed by atoms with van der Waals surface area (Å²) in [5.74, 6) is 0.823. The number of rotatable bonds is 6. The van der Waals surface area contributed by atoms with E-state index >= 15 is 0 Å². The second kappa shape index (κ2) is 7.96. The summed E-state index contributed by atoms with van der Waals surface area (Å²) in [6.45, 7) is 3.08. The fraction of sp³-hybridized carbons (Fsp3) is 0.0952. The summed E-state index contributed by atoms with van der Waals surface area (Å²) >= 11 is 0. The van der Waals surface area contributed by atoms with Crippen LogP contribution in [0.1, 0.15) is 11.5 Å². The van der Waals surface area contributed by atoms with Gasteiger partial charge in [0.2, 0.25) is 11.8 Å². The van der Waals surface area contributed by atoms with Gasteiger partial charge in [0.25, 0.3) is 10.0 Å². The van der Waals surface area contributed by atoms with E-state index in [9.17, 15) is 8.42 Å². The van der Waals surface area contributed by atoms with E-state index in [4.69, 9.17) is 9.26 Å². The van der Waals surface area contributed by atoms with Gasteiger partial charge in [-0.2, -0.15) is 4.98 Å². The number of hydrogen-bond donors (Lipinski definition) is 1. The molecule has 0 atom stereocenters. The molecule has 0 aliphatic heterocycles. The Bertz CT molecular complexity index is 1250. The molecule has 0 spiro atoms. The average molecular weight is 422 g/mol. The van der Waals surface area contributed by atoms with Crippen LogP contribution in [0.2, 0.25) is 0 Å². The summed E-state index contributed by atoms with van der Waals surface area (Å²) in [6.07, 6.45) is 0. The molecular weight excluding hydrogens is 404 g/mol. The zero-order valence-corrected chi connectivity index (χ0v) is 17.1. The van der Waals surface area contributed by atoms with Crippen LogP contribution in [0.25, 0.3) is 11.3 Å². The normalized spacial score (nSPS) is 11.3. The summed E-state index contributed by atoms with van der Waals surface area (Å²) in [5.41, 5.74) is 1.54. The van der Waals surface area contributed by atoms with Gasteiger partial charge in [0.1, 0.15) is 11.4 Å². The highest BCUT2D eigenvalue weighted by Gasteiger charge is 2.25. The molecule has 4 aromatic rings. The van der Waals surface area contributed by atoms with Crippen LogP contribution in [0.15, 0.2) is 76.1 Å². The number of nitrogens with one attached hydrogen (secondary N) is 1. The summed E-state index contributed by atoms with van der Waals surface area (Å²) in [7, 11) is -4.01. The number of aromatic nitrogens is 3. The molecule has 0 aliphatic carbocycles. The first kappa shape index (κ1) is 19.6. The monoisotopic (exact) mass is 422 g/mol. The van der Waals surface area contributed by atoms with Crippen molar-refractivity contribution in [2.45, 2.75) is 18.7 Å². The molecule has 9 heteroatoms. The number of hydrogen-bond acceptors (Lipinski definition) is 7. The second-order valence-corrected chi connectivity index (χ2v) is 8.07. The van der Waals surface area contributed by atoms with Gasteiger partial charge >= 0.3 is 0 Å². The lowest BCUT2D eigenvalue weighted by Gasteiger charge is -2.11. The van der Waals surface area contributed by atoms with E-state index in [1.807, 2.05) is 48.5 Å². The molecule has 0 radical (unpaired) electrons. The molecule has 8 nitrogen and oxygen atoms in total. The number of sulfonamides is 1. The SMILES string of the molecule is Cc1noc(C)c1S(=O)(=O)Nc1nc(Oc2ccccc2)cc(-c2ccccc2)n1. The molecule has 0 amide bonds. The van der Waals surface area contributed by atoms with Gasteiger partial charge in [-0.25, -0.2) is 18.1 Å². The molecule has 0 saturated carbocycles. The van der Waals surface area contributed by atoms with Gasteiger partial charge in [-0.05, 0) is 26.0 Å². The molecule has 0 bridgehead atoms. The Hall–Kier alpha value is -3.72. The first-order chi connectivity index (χ1) is 14.4. The quantitative estimate of drug-likeness (QED) is 0.492. The Balaban J connectivity index is 1.76. The topological polar surface area (TPSA) is 107 Å². The molecule has 0 fully saturated rings. The average Bonchev–Trinajstić information content (AvgIpc) is 3.08. The molecule has 0 unspecified atom stereocenters. The van der Waals surface area contributed by atoms with Crippen LogP contribution in [-0.2, 0) is 10.0 Å². The lowest BCUT2D eigenvalue weighted by molar-refractivity contribution is 0.390. The number of benzene rings is 2. The predicted molar refractivity (Wildman–Crippen MR) is 111 cm³/mol. The van der Waals surface area contributed by atoms with Crippen molar-refractivity contribution in [2.75, 3.05) is 4.72 Å². The Morgan fingerprint density at radius 1 is 0.933 bits per heavy atom.